The molecule has 3 aliphatic rings. The van der Waals surface area contributed by atoms with E-state index in [4.69, 9.17) is 17.3 Å². The van der Waals surface area contributed by atoms with Crippen LogP contribution in [0.25, 0.3) is 0 Å². The van der Waals surface area contributed by atoms with Crippen molar-refractivity contribution in [2.45, 2.75) is 44.6 Å². The average Bonchev–Trinajstić information content (AvgIpc) is 2.89. The third-order valence-corrected chi connectivity index (χ3v) is 6.21. The summed E-state index contributed by atoms with van der Waals surface area (Å²) in [5, 5.41) is 0.709. The lowest BCUT2D eigenvalue weighted by Gasteiger charge is -2.44. The van der Waals surface area contributed by atoms with Gasteiger partial charge >= 0.3 is 0 Å². The number of amides is 1. The molecular weight excluding hydrogens is 296 g/mol. The minimum atomic E-state index is 0.153. The molecule has 2 bridgehead atoms. The Morgan fingerprint density at radius 3 is 2.68 bits per heavy atom. The van der Waals surface area contributed by atoms with Gasteiger partial charge < -0.3 is 10.6 Å². The molecule has 0 saturated heterocycles. The summed E-state index contributed by atoms with van der Waals surface area (Å²) in [6.07, 6.45) is 6.57. The second-order valence-corrected chi connectivity index (χ2v) is 7.65. The van der Waals surface area contributed by atoms with Crippen LogP contribution in [0, 0.1) is 17.8 Å². The van der Waals surface area contributed by atoms with Crippen LogP contribution in [0.5, 0.6) is 0 Å². The van der Waals surface area contributed by atoms with Gasteiger partial charge in [-0.15, -0.1) is 0 Å². The van der Waals surface area contributed by atoms with Gasteiger partial charge in [-0.2, -0.15) is 0 Å². The van der Waals surface area contributed by atoms with Crippen molar-refractivity contribution >= 4 is 23.2 Å². The quantitative estimate of drug-likeness (QED) is 0.862. The third-order valence-electron chi connectivity index (χ3n) is 5.97. The summed E-state index contributed by atoms with van der Waals surface area (Å²) in [5.74, 6) is 1.54. The Hall–Kier alpha value is -1.06. The standard InChI is InChI=1S/C18H23ClN2O/c19-15-5-4-11-6-7-21(16(11)10-15)18(22)14-8-12-2-1-3-13(9-14)17(12)20/h4-5,10,12-14,17H,1-3,6-9,20H2. The van der Waals surface area contributed by atoms with Crippen LogP contribution in [0.4, 0.5) is 5.69 Å². The van der Waals surface area contributed by atoms with Gasteiger partial charge in [0.2, 0.25) is 5.91 Å². The molecule has 118 valence electrons. The lowest BCUT2D eigenvalue weighted by atomic mass is 9.65. The highest BCUT2D eigenvalue weighted by Gasteiger charge is 2.42. The summed E-state index contributed by atoms with van der Waals surface area (Å²) in [5.41, 5.74) is 8.62. The first-order valence-electron chi connectivity index (χ1n) is 8.49. The van der Waals surface area contributed by atoms with Crippen molar-refractivity contribution in [1.82, 2.24) is 0 Å². The topological polar surface area (TPSA) is 46.3 Å². The van der Waals surface area contributed by atoms with Crippen LogP contribution in [-0.2, 0) is 11.2 Å². The van der Waals surface area contributed by atoms with Gasteiger partial charge in [0.05, 0.1) is 0 Å². The highest BCUT2D eigenvalue weighted by atomic mass is 35.5. The van der Waals surface area contributed by atoms with Gasteiger partial charge in [-0.1, -0.05) is 24.1 Å². The second-order valence-electron chi connectivity index (χ2n) is 7.21. The zero-order chi connectivity index (χ0) is 15.3. The van der Waals surface area contributed by atoms with Crippen molar-refractivity contribution in [3.8, 4) is 0 Å². The maximum absolute atomic E-state index is 13.1. The first-order valence-corrected chi connectivity index (χ1v) is 8.86. The number of rotatable bonds is 1. The van der Waals surface area contributed by atoms with Crippen LogP contribution < -0.4 is 10.6 Å². The molecule has 2 saturated carbocycles. The third kappa shape index (κ3) is 2.35. The van der Waals surface area contributed by atoms with E-state index in [2.05, 4.69) is 6.07 Å². The van der Waals surface area contributed by atoms with Gasteiger partial charge in [0.15, 0.2) is 0 Å². The monoisotopic (exact) mass is 318 g/mol. The SMILES string of the molecule is NC1C2CCCC1CC(C(=O)N1CCc3ccc(Cl)cc31)C2. The summed E-state index contributed by atoms with van der Waals surface area (Å²) in [6, 6.07) is 6.23. The second kappa shape index (κ2) is 5.54. The van der Waals surface area contributed by atoms with Crippen molar-refractivity contribution in [1.29, 1.82) is 0 Å². The van der Waals surface area contributed by atoms with Crippen molar-refractivity contribution < 1.29 is 4.79 Å². The van der Waals surface area contributed by atoms with Gasteiger partial charge in [-0.05, 0) is 61.6 Å². The molecule has 2 N–H and O–H groups in total. The van der Waals surface area contributed by atoms with Crippen LogP contribution in [-0.4, -0.2) is 18.5 Å². The van der Waals surface area contributed by atoms with Gasteiger partial charge in [-0.3, -0.25) is 4.79 Å². The van der Waals surface area contributed by atoms with Gasteiger partial charge in [0, 0.05) is 29.2 Å². The van der Waals surface area contributed by atoms with E-state index in [1.165, 1.54) is 24.8 Å². The molecule has 3 nitrogen and oxygen atoms in total. The van der Waals surface area contributed by atoms with E-state index in [9.17, 15) is 4.79 Å². The normalized spacial score (nSPS) is 33.6. The molecule has 2 aliphatic carbocycles. The van der Waals surface area contributed by atoms with E-state index < -0.39 is 0 Å². The molecule has 1 heterocycles. The molecule has 22 heavy (non-hydrogen) atoms. The molecule has 1 aromatic rings. The van der Waals surface area contributed by atoms with E-state index in [0.29, 0.717) is 28.8 Å². The lowest BCUT2D eigenvalue weighted by Crippen LogP contribution is -2.49. The fourth-order valence-electron chi connectivity index (χ4n) is 4.79. The highest BCUT2D eigenvalue weighted by molar-refractivity contribution is 6.31. The molecule has 0 spiro atoms. The summed E-state index contributed by atoms with van der Waals surface area (Å²) in [6.45, 7) is 0.798. The van der Waals surface area contributed by atoms with Crippen molar-refractivity contribution in [3.63, 3.8) is 0 Å². The summed E-state index contributed by atoms with van der Waals surface area (Å²) < 4.78 is 0. The van der Waals surface area contributed by atoms with E-state index in [0.717, 1.165) is 31.5 Å². The molecule has 2 fully saturated rings. The molecule has 2 atom stereocenters. The zero-order valence-corrected chi connectivity index (χ0v) is 13.6. The van der Waals surface area contributed by atoms with E-state index >= 15 is 0 Å². The van der Waals surface area contributed by atoms with E-state index in [-0.39, 0.29) is 5.92 Å². The fraction of sp³-hybridized carbons (Fsp3) is 0.611. The minimum absolute atomic E-state index is 0.153. The molecule has 1 aliphatic heterocycles. The van der Waals surface area contributed by atoms with Crippen molar-refractivity contribution in [2.24, 2.45) is 23.5 Å². The number of hydrogen-bond acceptors (Lipinski definition) is 2. The molecule has 0 radical (unpaired) electrons. The van der Waals surface area contributed by atoms with Gasteiger partial charge in [-0.25, -0.2) is 0 Å². The Labute approximate surface area is 136 Å². The largest absolute Gasteiger partial charge is 0.327 e. The highest BCUT2D eigenvalue weighted by Crippen LogP contribution is 2.43. The Balaban J connectivity index is 1.55. The number of carbonyl (C=O) groups excluding carboxylic acids is 1. The maximum Gasteiger partial charge on any atom is 0.230 e. The van der Waals surface area contributed by atoms with Crippen molar-refractivity contribution in [2.75, 3.05) is 11.4 Å². The number of nitrogens with two attached hydrogens (primary N) is 1. The van der Waals surface area contributed by atoms with E-state index in [1.807, 2.05) is 17.0 Å². The number of carbonyl (C=O) groups is 1. The van der Waals surface area contributed by atoms with Crippen molar-refractivity contribution in [3.05, 3.63) is 28.8 Å². The Bertz CT molecular complexity index is 589. The molecule has 0 aromatic heterocycles. The number of fused-ring (bicyclic) bond motifs is 3. The van der Waals surface area contributed by atoms with Crippen LogP contribution >= 0.6 is 11.6 Å². The average molecular weight is 319 g/mol. The summed E-state index contributed by atoms with van der Waals surface area (Å²) in [4.78, 5) is 15.0. The summed E-state index contributed by atoms with van der Waals surface area (Å²) >= 11 is 6.12. The molecule has 1 amide bonds. The number of hydrogen-bond donors (Lipinski definition) is 1. The number of halogens is 1. The molecule has 1 aromatic carbocycles. The zero-order valence-electron chi connectivity index (χ0n) is 12.8. The number of anilines is 1. The molecule has 4 heteroatoms. The van der Waals surface area contributed by atoms with Crippen LogP contribution in [0.2, 0.25) is 5.02 Å². The van der Waals surface area contributed by atoms with Crippen LogP contribution in [0.3, 0.4) is 0 Å². The summed E-state index contributed by atoms with van der Waals surface area (Å²) in [7, 11) is 0. The molecular formula is C18H23ClN2O. The van der Waals surface area contributed by atoms with E-state index in [1.54, 1.807) is 0 Å². The molecule has 2 unspecified atom stereocenters. The van der Waals surface area contributed by atoms with Crippen LogP contribution in [0.1, 0.15) is 37.7 Å². The first kappa shape index (κ1) is 14.5. The lowest BCUT2D eigenvalue weighted by molar-refractivity contribution is -0.125. The number of nitrogens with zero attached hydrogens (tertiary/aromatic N) is 1. The smallest absolute Gasteiger partial charge is 0.230 e. The molecule has 4 rings (SSSR count). The predicted octanol–water partition coefficient (Wildman–Crippen LogP) is 3.38. The Morgan fingerprint density at radius 1 is 1.23 bits per heavy atom. The Morgan fingerprint density at radius 2 is 1.95 bits per heavy atom. The fourth-order valence-corrected chi connectivity index (χ4v) is 4.96. The predicted molar refractivity (Wildman–Crippen MR) is 89.0 cm³/mol. The van der Waals surface area contributed by atoms with Gasteiger partial charge in [0.25, 0.3) is 0 Å². The van der Waals surface area contributed by atoms with Crippen LogP contribution in [0.15, 0.2) is 18.2 Å². The Kier molecular flexibility index (Phi) is 3.66. The maximum atomic E-state index is 13.1. The number of benzene rings is 1. The van der Waals surface area contributed by atoms with Gasteiger partial charge in [0.1, 0.15) is 0 Å². The first-order chi connectivity index (χ1) is 10.6. The minimum Gasteiger partial charge on any atom is -0.327 e.